The third kappa shape index (κ3) is 33.5. The Morgan fingerprint density at radius 3 is 1.83 bits per heavy atom. The fraction of sp³-hybridized carbons (Fsp3) is 0.673. The van der Waals surface area contributed by atoms with Crippen molar-refractivity contribution in [3.63, 3.8) is 0 Å². The van der Waals surface area contributed by atoms with Gasteiger partial charge in [0.15, 0.2) is 12.3 Å². The summed E-state index contributed by atoms with van der Waals surface area (Å²) in [4.78, 5) is 62.1. The minimum atomic E-state index is -5.48. The van der Waals surface area contributed by atoms with Gasteiger partial charge >= 0.3 is 33.3 Å². The number of allylic oxidation sites excluding steroid dienone is 11. The van der Waals surface area contributed by atoms with E-state index < -0.39 is 89.8 Å². The van der Waals surface area contributed by atoms with E-state index >= 15 is 0 Å². The van der Waals surface area contributed by atoms with Gasteiger partial charge in [0.05, 0.1) is 19.3 Å². The first-order valence-electron chi connectivity index (χ1n) is 27.5. The van der Waals surface area contributed by atoms with E-state index in [0.29, 0.717) is 12.8 Å². The molecule has 0 amide bonds. The summed E-state index contributed by atoms with van der Waals surface area (Å²) in [6.07, 6.45) is 38.7. The quantitative estimate of drug-likeness (QED) is 0.0116. The molecule has 4 unspecified atom stereocenters. The van der Waals surface area contributed by atoms with Crippen molar-refractivity contribution in [1.82, 2.24) is 9.55 Å². The van der Waals surface area contributed by atoms with Crippen LogP contribution in [0.25, 0.3) is 0 Å². The molecule has 0 aromatic carbocycles. The van der Waals surface area contributed by atoms with Gasteiger partial charge in [-0.1, -0.05) is 190 Å². The Hall–Kier alpha value is -3.84. The zero-order valence-corrected chi connectivity index (χ0v) is 47.1. The van der Waals surface area contributed by atoms with E-state index in [9.17, 15) is 48.6 Å². The number of aliphatic hydroxyl groups is 3. The van der Waals surface area contributed by atoms with Gasteiger partial charge in [0.1, 0.15) is 30.7 Å². The van der Waals surface area contributed by atoms with E-state index in [1.165, 1.54) is 82.8 Å². The number of unbranched alkanes of at least 4 members (excludes halogenated alkanes) is 13. The summed E-state index contributed by atoms with van der Waals surface area (Å²) >= 11 is 0. The first-order chi connectivity index (χ1) is 36.5. The van der Waals surface area contributed by atoms with Crippen molar-refractivity contribution in [3.8, 4) is 0 Å². The second-order valence-electron chi connectivity index (χ2n) is 19.2. The van der Waals surface area contributed by atoms with Gasteiger partial charge in [0.2, 0.25) is 0 Å². The number of carbonyl (C=O) groups is 2. The summed E-state index contributed by atoms with van der Waals surface area (Å²) in [5.74, 6) is -0.756. The zero-order chi connectivity index (χ0) is 55.9. The number of hydrogen-bond donors (Lipinski definition) is 6. The Morgan fingerprint density at radius 1 is 0.724 bits per heavy atom. The van der Waals surface area contributed by atoms with Crippen LogP contribution in [0.15, 0.2) is 90.0 Å². The third-order valence-corrected chi connectivity index (χ3v) is 15.1. The Bertz CT molecular complexity index is 2090. The zero-order valence-electron chi connectivity index (χ0n) is 45.3. The molecule has 0 saturated carbocycles. The van der Waals surface area contributed by atoms with Gasteiger partial charge < -0.3 is 45.1 Å². The van der Waals surface area contributed by atoms with Crippen LogP contribution in [0.2, 0.25) is 0 Å². The predicted molar refractivity (Wildman–Crippen MR) is 294 cm³/mol. The standard InChI is InChI=1S/C55H91N3O16P2/c1-4-6-7-8-9-10-11-12-13-14-18-21-24-27-30-33-36-46(59)38-39-50(60)69-42-47(72-51(61)37-34-31-28-25-22-19-16-15-17-20-23-26-29-32-35-45(3)5-2)43-70-75(65,66)74-76(67,68)71-44-48-52(62)53(63)54(73-48)58-41-40-49(56)57-55(58)64/h6-7,9-10,12-13,18,21,27,30,33,36,40-41,45-48,52-54,59,62-63H,4-5,8,11,14-17,19-20,22-26,28-29,31-32,34-35,37-39,42-44H2,1-3H3,(H,65,66)(H,67,68)(H2,56,57,64)/b7-6-,10-9-,13-12-,21-18-,30-27-,36-33-/t45?,46?,47-,48-,52-,53-,54-/m1/s1. The summed E-state index contributed by atoms with van der Waals surface area (Å²) in [6.45, 7) is 4.17. The maximum Gasteiger partial charge on any atom is 0.481 e. The highest BCUT2D eigenvalue weighted by Gasteiger charge is 2.46. The average Bonchev–Trinajstić information content (AvgIpc) is 3.66. The molecule has 0 spiro atoms. The van der Waals surface area contributed by atoms with Crippen LogP contribution in [0.3, 0.4) is 0 Å². The van der Waals surface area contributed by atoms with E-state index in [-0.39, 0.29) is 25.1 Å². The smallest absolute Gasteiger partial charge is 0.462 e. The molecule has 21 heteroatoms. The molecule has 9 atom stereocenters. The van der Waals surface area contributed by atoms with E-state index in [2.05, 4.69) is 72.6 Å². The van der Waals surface area contributed by atoms with Crippen molar-refractivity contribution in [2.75, 3.05) is 25.6 Å². The largest absolute Gasteiger partial charge is 0.481 e. The lowest BCUT2D eigenvalue weighted by atomic mass is 9.99. The maximum absolute atomic E-state index is 12.9. The molecule has 0 radical (unpaired) electrons. The van der Waals surface area contributed by atoms with Crippen LogP contribution in [0, 0.1) is 5.92 Å². The van der Waals surface area contributed by atoms with Crippen molar-refractivity contribution in [1.29, 1.82) is 0 Å². The molecule has 0 bridgehead atoms. The second-order valence-corrected chi connectivity index (χ2v) is 22.2. The number of nitrogens with two attached hydrogens (primary N) is 1. The van der Waals surface area contributed by atoms with Gasteiger partial charge in [-0.2, -0.15) is 9.29 Å². The van der Waals surface area contributed by atoms with Crippen LogP contribution in [-0.4, -0.2) is 96.9 Å². The Kier molecular flexibility index (Phi) is 37.0. The second kappa shape index (κ2) is 41.2. The summed E-state index contributed by atoms with van der Waals surface area (Å²) in [5.41, 5.74) is 4.58. The molecule has 19 nitrogen and oxygen atoms in total. The molecule has 2 heterocycles. The molecule has 1 aliphatic rings. The number of rotatable bonds is 44. The topological polar surface area (TPSA) is 286 Å². The minimum absolute atomic E-state index is 0.000417. The Labute approximate surface area is 451 Å². The molecule has 1 aliphatic heterocycles. The van der Waals surface area contributed by atoms with Crippen molar-refractivity contribution in [2.24, 2.45) is 5.92 Å². The van der Waals surface area contributed by atoms with Crippen molar-refractivity contribution in [3.05, 3.63) is 95.7 Å². The molecule has 1 saturated heterocycles. The van der Waals surface area contributed by atoms with Crippen LogP contribution in [0.5, 0.6) is 0 Å². The number of nitrogens with zero attached hydrogens (tertiary/aromatic N) is 2. The number of aromatic nitrogens is 2. The van der Waals surface area contributed by atoms with Crippen molar-refractivity contribution < 1.29 is 71.4 Å². The average molecular weight is 1110 g/mol. The SMILES string of the molecule is CC/C=C\C/C=C\C/C=C\C/C=C\C/C=C\C=C/C(O)CCC(=O)OC[C@H](COP(=O)(O)OP(=O)(O)OC[C@H]1O[C@@H](n2ccc(N)nc2=O)[C@H](O)[C@@H]1O)OC(=O)CCCCCCCCCCCCCCCCC(C)CC. The highest BCUT2D eigenvalue weighted by molar-refractivity contribution is 7.61. The predicted octanol–water partition coefficient (Wildman–Crippen LogP) is 10.9. The number of anilines is 1. The summed E-state index contributed by atoms with van der Waals surface area (Å²) < 4.78 is 56.7. The van der Waals surface area contributed by atoms with Crippen LogP contribution in [0.1, 0.15) is 181 Å². The summed E-state index contributed by atoms with van der Waals surface area (Å²) in [6, 6.07) is 1.24. The number of nitrogen functional groups attached to an aromatic ring is 1. The number of carbonyl (C=O) groups excluding carboxylic acids is 2. The lowest BCUT2D eigenvalue weighted by Gasteiger charge is -2.21. The summed E-state index contributed by atoms with van der Waals surface area (Å²) in [5, 5.41) is 31.3. The van der Waals surface area contributed by atoms with Gasteiger partial charge in [-0.05, 0) is 56.9 Å². The molecular weight excluding hydrogens is 1020 g/mol. The molecule has 1 fully saturated rings. The molecule has 0 aliphatic carbocycles. The van der Waals surface area contributed by atoms with Gasteiger partial charge in [0.25, 0.3) is 0 Å². The molecule has 1 aromatic rings. The number of phosphoric ester groups is 2. The van der Waals surface area contributed by atoms with E-state index in [4.69, 9.17) is 29.0 Å². The number of hydrogen-bond acceptors (Lipinski definition) is 16. The lowest BCUT2D eigenvalue weighted by Crippen LogP contribution is -2.36. The highest BCUT2D eigenvalue weighted by Crippen LogP contribution is 2.60. The normalized spacial score (nSPS) is 20.1. The molecular formula is C55H91N3O16P2. The van der Waals surface area contributed by atoms with Gasteiger partial charge in [-0.25, -0.2) is 13.9 Å². The van der Waals surface area contributed by atoms with E-state index in [1.807, 2.05) is 12.2 Å². The molecule has 1 aromatic heterocycles. The van der Waals surface area contributed by atoms with Crippen LogP contribution >= 0.6 is 15.6 Å². The molecule has 432 valence electrons. The highest BCUT2D eigenvalue weighted by atomic mass is 31.3. The number of ether oxygens (including phenoxy) is 3. The third-order valence-electron chi connectivity index (χ3n) is 12.5. The van der Waals surface area contributed by atoms with Gasteiger partial charge in [-0.15, -0.1) is 0 Å². The number of aliphatic hydroxyl groups excluding tert-OH is 3. The van der Waals surface area contributed by atoms with Crippen LogP contribution in [0.4, 0.5) is 5.82 Å². The van der Waals surface area contributed by atoms with Gasteiger partial charge in [-0.3, -0.25) is 23.2 Å². The first kappa shape index (κ1) is 68.3. The van der Waals surface area contributed by atoms with E-state index in [0.717, 1.165) is 68.0 Å². The number of esters is 2. The van der Waals surface area contributed by atoms with Crippen LogP contribution < -0.4 is 11.4 Å². The molecule has 7 N–H and O–H groups in total. The molecule has 76 heavy (non-hydrogen) atoms. The Balaban J connectivity index is 1.83. The van der Waals surface area contributed by atoms with Crippen molar-refractivity contribution >= 4 is 33.4 Å². The summed E-state index contributed by atoms with van der Waals surface area (Å²) in [7, 11) is -10.9. The first-order valence-corrected chi connectivity index (χ1v) is 30.4. The Morgan fingerprint density at radius 2 is 1.26 bits per heavy atom. The fourth-order valence-corrected chi connectivity index (χ4v) is 9.92. The molecule has 2 rings (SSSR count). The fourth-order valence-electron chi connectivity index (χ4n) is 7.81. The lowest BCUT2D eigenvalue weighted by molar-refractivity contribution is -0.161. The van der Waals surface area contributed by atoms with Gasteiger partial charge in [0, 0.05) is 19.0 Å². The maximum atomic E-state index is 12.9. The number of phosphoric acid groups is 2. The monoisotopic (exact) mass is 1110 g/mol. The van der Waals surface area contributed by atoms with E-state index in [1.54, 1.807) is 12.2 Å². The van der Waals surface area contributed by atoms with Crippen LogP contribution in [-0.2, 0) is 46.3 Å². The van der Waals surface area contributed by atoms with Crippen molar-refractivity contribution in [2.45, 2.75) is 212 Å². The minimum Gasteiger partial charge on any atom is -0.462 e.